The molecule has 1 N–H and O–H groups in total. The second-order valence-corrected chi connectivity index (χ2v) is 8.45. The minimum Gasteiger partial charge on any atom is -0.501 e. The van der Waals surface area contributed by atoms with E-state index in [0.29, 0.717) is 11.6 Å². The zero-order valence-corrected chi connectivity index (χ0v) is 16.0. The quantitative estimate of drug-likeness (QED) is 0.878. The average molecular weight is 382 g/mol. The third-order valence-corrected chi connectivity index (χ3v) is 6.85. The highest BCUT2D eigenvalue weighted by molar-refractivity contribution is 7.13. The van der Waals surface area contributed by atoms with E-state index in [9.17, 15) is 4.79 Å². The van der Waals surface area contributed by atoms with E-state index in [1.165, 1.54) is 43.0 Å². The molecule has 5 heterocycles. The summed E-state index contributed by atoms with van der Waals surface area (Å²) in [5.41, 5.74) is 2.87. The SMILES string of the molecule is O=C(N/C=C/C1CN2CCC1CC2)c1nsc2cc(C3=COCC3)ccc12. The molecular weight excluding hydrogens is 358 g/mol. The first-order valence-electron chi connectivity index (χ1n) is 9.68. The molecule has 6 rings (SSSR count). The predicted molar refractivity (Wildman–Crippen MR) is 107 cm³/mol. The maximum absolute atomic E-state index is 12.6. The molecule has 0 spiro atoms. The van der Waals surface area contributed by atoms with Crippen LogP contribution in [-0.2, 0) is 4.74 Å². The predicted octanol–water partition coefficient (Wildman–Crippen LogP) is 3.64. The van der Waals surface area contributed by atoms with Gasteiger partial charge in [0.2, 0.25) is 0 Å². The molecule has 140 valence electrons. The molecule has 3 fully saturated rings. The highest BCUT2D eigenvalue weighted by Crippen LogP contribution is 2.33. The lowest BCUT2D eigenvalue weighted by Crippen LogP contribution is -2.46. The fraction of sp³-hybridized carbons (Fsp3) is 0.429. The number of carbonyl (C=O) groups excluding carboxylic acids is 1. The first kappa shape index (κ1) is 17.0. The lowest BCUT2D eigenvalue weighted by atomic mass is 9.79. The summed E-state index contributed by atoms with van der Waals surface area (Å²) in [5.74, 6) is 1.20. The highest BCUT2D eigenvalue weighted by atomic mass is 32.1. The van der Waals surface area contributed by atoms with E-state index in [1.54, 1.807) is 0 Å². The Hall–Kier alpha value is -2.18. The Balaban J connectivity index is 1.28. The number of rotatable bonds is 4. The summed E-state index contributed by atoms with van der Waals surface area (Å²) in [6, 6.07) is 6.16. The maximum atomic E-state index is 12.6. The van der Waals surface area contributed by atoms with Crippen LogP contribution >= 0.6 is 11.5 Å². The van der Waals surface area contributed by atoms with E-state index >= 15 is 0 Å². The molecule has 1 atom stereocenters. The molecule has 0 aliphatic carbocycles. The molecule has 0 radical (unpaired) electrons. The number of hydrogen-bond donors (Lipinski definition) is 1. The Bertz CT molecular complexity index is 925. The third-order valence-electron chi connectivity index (χ3n) is 6.04. The van der Waals surface area contributed by atoms with Crippen LogP contribution in [0.15, 0.2) is 36.7 Å². The molecule has 1 aromatic heterocycles. The normalized spacial score (nSPS) is 27.1. The second-order valence-electron chi connectivity index (χ2n) is 7.64. The molecule has 6 heteroatoms. The van der Waals surface area contributed by atoms with E-state index in [0.717, 1.165) is 41.1 Å². The van der Waals surface area contributed by atoms with Gasteiger partial charge in [-0.1, -0.05) is 18.2 Å². The smallest absolute Gasteiger partial charge is 0.275 e. The fourth-order valence-electron chi connectivity index (χ4n) is 4.45. The van der Waals surface area contributed by atoms with Gasteiger partial charge in [-0.05, 0) is 66.5 Å². The van der Waals surface area contributed by atoms with Gasteiger partial charge >= 0.3 is 0 Å². The third kappa shape index (κ3) is 3.28. The molecule has 1 unspecified atom stereocenters. The lowest BCUT2D eigenvalue weighted by Gasteiger charge is -2.43. The van der Waals surface area contributed by atoms with Crippen LogP contribution in [0.3, 0.4) is 0 Å². The first-order chi connectivity index (χ1) is 13.3. The Labute approximate surface area is 162 Å². The summed E-state index contributed by atoms with van der Waals surface area (Å²) >= 11 is 1.38. The zero-order valence-electron chi connectivity index (χ0n) is 15.2. The number of hydrogen-bond acceptors (Lipinski definition) is 5. The second kappa shape index (κ2) is 7.09. The molecule has 1 amide bonds. The highest BCUT2D eigenvalue weighted by Gasteiger charge is 2.32. The van der Waals surface area contributed by atoms with Gasteiger partial charge in [-0.25, -0.2) is 0 Å². The van der Waals surface area contributed by atoms with Crippen LogP contribution in [0.25, 0.3) is 15.7 Å². The van der Waals surface area contributed by atoms with Gasteiger partial charge in [-0.15, -0.1) is 0 Å². The van der Waals surface area contributed by atoms with Crippen LogP contribution in [0.2, 0.25) is 0 Å². The molecule has 2 aromatic rings. The van der Waals surface area contributed by atoms with E-state index in [-0.39, 0.29) is 5.91 Å². The minimum atomic E-state index is -0.130. The number of nitrogens with zero attached hydrogens (tertiary/aromatic N) is 2. The number of ether oxygens (including phenoxy) is 1. The summed E-state index contributed by atoms with van der Waals surface area (Å²) in [6.45, 7) is 4.34. The summed E-state index contributed by atoms with van der Waals surface area (Å²) in [4.78, 5) is 15.1. The number of carbonyl (C=O) groups is 1. The van der Waals surface area contributed by atoms with Crippen LogP contribution < -0.4 is 5.32 Å². The molecular formula is C21H23N3O2S. The summed E-state index contributed by atoms with van der Waals surface area (Å²) < 4.78 is 10.8. The molecule has 5 nitrogen and oxygen atoms in total. The van der Waals surface area contributed by atoms with Crippen LogP contribution in [0.5, 0.6) is 0 Å². The van der Waals surface area contributed by atoms with Gasteiger partial charge in [0, 0.05) is 24.6 Å². The Morgan fingerprint density at radius 3 is 2.96 bits per heavy atom. The Kier molecular flexibility index (Phi) is 4.45. The van der Waals surface area contributed by atoms with Gasteiger partial charge < -0.3 is 15.0 Å². The van der Waals surface area contributed by atoms with Crippen molar-refractivity contribution in [3.05, 3.63) is 48.0 Å². The number of nitrogens with one attached hydrogen (secondary N) is 1. The van der Waals surface area contributed by atoms with Gasteiger partial charge in [-0.3, -0.25) is 4.79 Å². The standard InChI is InChI=1S/C21H23N3O2S/c25-21(22-7-3-16-12-24-8-4-14(16)5-9-24)20-18-2-1-15(11-19(18)27-23-20)17-6-10-26-13-17/h1-3,7,11,13-14,16H,4-6,8-10,12H2,(H,22,25)/b7-3+. The van der Waals surface area contributed by atoms with Gasteiger partial charge in [0.25, 0.3) is 5.91 Å². The van der Waals surface area contributed by atoms with Crippen LogP contribution in [0, 0.1) is 11.8 Å². The summed E-state index contributed by atoms with van der Waals surface area (Å²) in [5, 5.41) is 3.84. The van der Waals surface area contributed by atoms with Gasteiger partial charge in [0.05, 0.1) is 17.6 Å². The number of fused-ring (bicyclic) bond motifs is 4. The fourth-order valence-corrected chi connectivity index (χ4v) is 5.26. The minimum absolute atomic E-state index is 0.130. The van der Waals surface area contributed by atoms with Crippen molar-refractivity contribution in [1.29, 1.82) is 0 Å². The molecule has 1 aromatic carbocycles. The summed E-state index contributed by atoms with van der Waals surface area (Å²) in [6.07, 6.45) is 9.33. The largest absolute Gasteiger partial charge is 0.501 e. The number of amides is 1. The number of aromatic nitrogens is 1. The van der Waals surface area contributed by atoms with Crippen molar-refractivity contribution in [3.63, 3.8) is 0 Å². The van der Waals surface area contributed by atoms with Crippen molar-refractivity contribution in [2.45, 2.75) is 19.3 Å². The van der Waals surface area contributed by atoms with E-state index in [4.69, 9.17) is 4.74 Å². The van der Waals surface area contributed by atoms with Crippen molar-refractivity contribution in [2.24, 2.45) is 11.8 Å². The number of benzene rings is 1. The Morgan fingerprint density at radius 1 is 1.33 bits per heavy atom. The molecule has 4 aliphatic heterocycles. The van der Waals surface area contributed by atoms with E-state index in [1.807, 2.05) is 18.5 Å². The van der Waals surface area contributed by atoms with Crippen LogP contribution in [0.4, 0.5) is 0 Å². The van der Waals surface area contributed by atoms with E-state index < -0.39 is 0 Å². The maximum Gasteiger partial charge on any atom is 0.275 e. The van der Waals surface area contributed by atoms with Crippen LogP contribution in [0.1, 0.15) is 35.3 Å². The molecule has 0 saturated carbocycles. The summed E-state index contributed by atoms with van der Waals surface area (Å²) in [7, 11) is 0. The lowest BCUT2D eigenvalue weighted by molar-refractivity contribution is 0.0733. The molecule has 2 bridgehead atoms. The van der Waals surface area contributed by atoms with E-state index in [2.05, 4.69) is 32.8 Å². The van der Waals surface area contributed by atoms with Crippen molar-refractivity contribution in [1.82, 2.24) is 14.6 Å². The molecule has 4 aliphatic rings. The monoisotopic (exact) mass is 381 g/mol. The average Bonchev–Trinajstić information content (AvgIpc) is 3.38. The van der Waals surface area contributed by atoms with Crippen molar-refractivity contribution < 1.29 is 9.53 Å². The Morgan fingerprint density at radius 2 is 2.22 bits per heavy atom. The van der Waals surface area contributed by atoms with Gasteiger partial charge in [0.15, 0.2) is 0 Å². The van der Waals surface area contributed by atoms with Crippen molar-refractivity contribution in [2.75, 3.05) is 26.2 Å². The van der Waals surface area contributed by atoms with Crippen LogP contribution in [-0.4, -0.2) is 41.4 Å². The van der Waals surface area contributed by atoms with Gasteiger partial charge in [0.1, 0.15) is 5.69 Å². The van der Waals surface area contributed by atoms with Crippen molar-refractivity contribution >= 4 is 33.1 Å². The number of piperidine rings is 3. The first-order valence-corrected chi connectivity index (χ1v) is 10.5. The van der Waals surface area contributed by atoms with Crippen molar-refractivity contribution in [3.8, 4) is 0 Å². The molecule has 3 saturated heterocycles. The van der Waals surface area contributed by atoms with Gasteiger partial charge in [-0.2, -0.15) is 4.37 Å². The topological polar surface area (TPSA) is 54.5 Å². The zero-order chi connectivity index (χ0) is 18.2. The molecule has 27 heavy (non-hydrogen) atoms.